The van der Waals surface area contributed by atoms with Crippen LogP contribution in [-0.4, -0.2) is 54.6 Å². The highest BCUT2D eigenvalue weighted by Gasteiger charge is 2.46. The minimum absolute atomic E-state index is 0.0751. The number of hydrogen-bond donors (Lipinski definition) is 2. The normalized spacial score (nSPS) is 20.0. The van der Waals surface area contributed by atoms with Crippen molar-refractivity contribution in [3.8, 4) is 6.07 Å². The van der Waals surface area contributed by atoms with Crippen molar-refractivity contribution < 1.29 is 37.0 Å². The van der Waals surface area contributed by atoms with Gasteiger partial charge in [0, 0.05) is 22.4 Å². The van der Waals surface area contributed by atoms with Crippen molar-refractivity contribution in [1.82, 2.24) is 14.8 Å². The highest BCUT2D eigenvalue weighted by atomic mass is 32.2. The fourth-order valence-corrected chi connectivity index (χ4v) is 6.29. The minimum atomic E-state index is -2.96. The van der Waals surface area contributed by atoms with Gasteiger partial charge >= 0.3 is 8.60 Å². The van der Waals surface area contributed by atoms with E-state index in [-0.39, 0.29) is 36.1 Å². The molecule has 9 nitrogen and oxygen atoms in total. The van der Waals surface area contributed by atoms with Crippen molar-refractivity contribution in [2.24, 2.45) is 0 Å². The van der Waals surface area contributed by atoms with Crippen LogP contribution in [0, 0.1) is 28.8 Å². The Kier molecular flexibility index (Phi) is 10.7. The Morgan fingerprint density at radius 2 is 1.98 bits per heavy atom. The second kappa shape index (κ2) is 14.2. The van der Waals surface area contributed by atoms with E-state index in [9.17, 15) is 18.6 Å². The molecule has 1 aliphatic rings. The van der Waals surface area contributed by atoms with Gasteiger partial charge in [0.2, 0.25) is 0 Å². The summed E-state index contributed by atoms with van der Waals surface area (Å²) in [7, 11) is -2.96. The minimum Gasteiger partial charge on any atom is -0.348 e. The van der Waals surface area contributed by atoms with Gasteiger partial charge in [-0.25, -0.2) is 22.8 Å². The molecule has 0 unspecified atom stereocenters. The Balaban J connectivity index is 1.43. The van der Waals surface area contributed by atoms with Crippen LogP contribution in [0.15, 0.2) is 67.3 Å². The van der Waals surface area contributed by atoms with Gasteiger partial charge in [0.05, 0.1) is 36.6 Å². The summed E-state index contributed by atoms with van der Waals surface area (Å²) in [5.74, 6) is -2.21. The van der Waals surface area contributed by atoms with Gasteiger partial charge in [-0.1, -0.05) is 37.3 Å². The van der Waals surface area contributed by atoms with Crippen molar-refractivity contribution >= 4 is 26.4 Å². The Morgan fingerprint density at radius 3 is 2.61 bits per heavy atom. The molecule has 1 saturated heterocycles. The van der Waals surface area contributed by atoms with Crippen LogP contribution in [-0.2, 0) is 26.1 Å². The summed E-state index contributed by atoms with van der Waals surface area (Å²) in [5, 5.41) is 12.0. The fraction of sp³-hybridized carbons (Fsp3) is 0.296. The first-order valence-electron chi connectivity index (χ1n) is 12.3. The molecule has 0 amide bonds. The SMILES string of the molecule is C[C@@H](S[C@H]1CO[C@H](C=CC=Cc2ccc(C#N)cc2F)OC1)[C@@](Cn1cncn1)(OP(O)O)c1ccc(F)cc1F. The maximum Gasteiger partial charge on any atom is 0.328 e. The summed E-state index contributed by atoms with van der Waals surface area (Å²) in [6, 6.07) is 9.06. The number of nitriles is 1. The highest BCUT2D eigenvalue weighted by Crippen LogP contribution is 2.48. The van der Waals surface area contributed by atoms with Gasteiger partial charge in [-0.3, -0.25) is 4.52 Å². The number of benzene rings is 2. The van der Waals surface area contributed by atoms with Crippen molar-refractivity contribution in [2.75, 3.05) is 13.2 Å². The van der Waals surface area contributed by atoms with Crippen molar-refractivity contribution in [1.29, 1.82) is 5.26 Å². The monoisotopic (exact) mass is 606 g/mol. The third kappa shape index (κ3) is 8.02. The van der Waals surface area contributed by atoms with Crippen LogP contribution < -0.4 is 0 Å². The van der Waals surface area contributed by atoms with Crippen LogP contribution in [0.2, 0.25) is 0 Å². The molecule has 0 bridgehead atoms. The van der Waals surface area contributed by atoms with E-state index in [0.29, 0.717) is 11.6 Å². The zero-order valence-corrected chi connectivity index (χ0v) is 23.4. The number of thioether (sulfide) groups is 1. The average Bonchev–Trinajstić information content (AvgIpc) is 3.45. The van der Waals surface area contributed by atoms with Crippen molar-refractivity contribution in [3.05, 3.63) is 101 Å². The molecule has 0 saturated carbocycles. The molecule has 1 fully saturated rings. The summed E-state index contributed by atoms with van der Waals surface area (Å²) in [6.07, 6.45) is 8.47. The number of nitrogens with zero attached hydrogens (tertiary/aromatic N) is 4. The topological polar surface area (TPSA) is 123 Å². The second-order valence-corrected chi connectivity index (χ2v) is 11.3. The zero-order chi connectivity index (χ0) is 29.4. The van der Waals surface area contributed by atoms with E-state index >= 15 is 4.39 Å². The molecule has 1 aliphatic heterocycles. The lowest BCUT2D eigenvalue weighted by atomic mass is 9.90. The smallest absolute Gasteiger partial charge is 0.328 e. The van der Waals surface area contributed by atoms with Crippen LogP contribution in [0.5, 0.6) is 0 Å². The van der Waals surface area contributed by atoms with E-state index in [1.54, 1.807) is 31.2 Å². The van der Waals surface area contributed by atoms with Gasteiger partial charge in [-0.15, -0.1) is 11.8 Å². The molecule has 0 aliphatic carbocycles. The number of rotatable bonds is 11. The summed E-state index contributed by atoms with van der Waals surface area (Å²) in [6.45, 7) is 2.07. The van der Waals surface area contributed by atoms with Crippen LogP contribution in [0.25, 0.3) is 6.08 Å². The molecule has 0 radical (unpaired) electrons. The maximum atomic E-state index is 15.1. The van der Waals surface area contributed by atoms with Gasteiger partial charge in [-0.05, 0) is 24.3 Å². The van der Waals surface area contributed by atoms with E-state index in [4.69, 9.17) is 19.3 Å². The third-order valence-electron chi connectivity index (χ3n) is 6.23. The molecule has 2 heterocycles. The van der Waals surface area contributed by atoms with Gasteiger partial charge < -0.3 is 19.3 Å². The van der Waals surface area contributed by atoms with Crippen LogP contribution in [0.4, 0.5) is 13.2 Å². The number of hydrogen-bond acceptors (Lipinski definition) is 9. The first-order valence-corrected chi connectivity index (χ1v) is 14.4. The molecule has 216 valence electrons. The van der Waals surface area contributed by atoms with E-state index in [1.807, 2.05) is 6.07 Å². The van der Waals surface area contributed by atoms with E-state index in [0.717, 1.165) is 12.1 Å². The van der Waals surface area contributed by atoms with E-state index in [2.05, 4.69) is 10.1 Å². The molecule has 4 rings (SSSR count). The van der Waals surface area contributed by atoms with E-state index in [1.165, 1.54) is 47.3 Å². The summed E-state index contributed by atoms with van der Waals surface area (Å²) >= 11 is 1.32. The first-order chi connectivity index (χ1) is 19.7. The molecule has 2 aromatic carbocycles. The quantitative estimate of drug-likeness (QED) is 0.234. The Morgan fingerprint density at radius 1 is 1.20 bits per heavy atom. The zero-order valence-electron chi connectivity index (χ0n) is 21.7. The highest BCUT2D eigenvalue weighted by molar-refractivity contribution is 8.00. The molecule has 0 spiro atoms. The average molecular weight is 607 g/mol. The van der Waals surface area contributed by atoms with Gasteiger partial charge in [0.1, 0.15) is 35.7 Å². The van der Waals surface area contributed by atoms with Gasteiger partial charge in [-0.2, -0.15) is 10.4 Å². The van der Waals surface area contributed by atoms with Gasteiger partial charge in [0.15, 0.2) is 6.29 Å². The van der Waals surface area contributed by atoms with E-state index < -0.39 is 43.2 Å². The summed E-state index contributed by atoms with van der Waals surface area (Å²) in [4.78, 5) is 23.6. The number of ether oxygens (including phenoxy) is 2. The largest absolute Gasteiger partial charge is 0.348 e. The van der Waals surface area contributed by atoms with Gasteiger partial charge in [0.25, 0.3) is 0 Å². The fourth-order valence-electron chi connectivity index (χ4n) is 4.25. The number of allylic oxidation sites excluding steroid dienone is 2. The van der Waals surface area contributed by atoms with Crippen LogP contribution in [0.3, 0.4) is 0 Å². The van der Waals surface area contributed by atoms with Crippen LogP contribution in [0.1, 0.15) is 23.6 Å². The lowest BCUT2D eigenvalue weighted by Crippen LogP contribution is -2.45. The molecule has 2 N–H and O–H groups in total. The second-order valence-electron chi connectivity index (χ2n) is 8.98. The Hall–Kier alpha value is -3.08. The summed E-state index contributed by atoms with van der Waals surface area (Å²) < 4.78 is 61.4. The molecular formula is C27H26F3N4O5PS. The molecule has 14 heteroatoms. The number of aromatic nitrogens is 3. The summed E-state index contributed by atoms with van der Waals surface area (Å²) in [5.41, 5.74) is -1.19. The molecule has 3 aromatic rings. The lowest BCUT2D eigenvalue weighted by molar-refractivity contribution is -0.146. The molecule has 1 aromatic heterocycles. The number of halogens is 3. The standard InChI is InChI=1S/C27H26F3N4O5PS/c1-18(27(39-40(35)36,15-34-17-32-16-33-34)23-9-8-21(28)11-25(23)30)41-22-13-37-26(38-14-22)5-3-2-4-20-7-6-19(12-31)10-24(20)29/h2-11,16-18,22,26,35-36H,13-15H2,1H3/t18-,22-,26-,27-/m1/s1. The lowest BCUT2D eigenvalue weighted by Gasteiger charge is -2.40. The first kappa shape index (κ1) is 30.9. The predicted molar refractivity (Wildman–Crippen MR) is 146 cm³/mol. The van der Waals surface area contributed by atoms with Crippen molar-refractivity contribution in [3.63, 3.8) is 0 Å². The molecule has 41 heavy (non-hydrogen) atoms. The Bertz CT molecular complexity index is 1410. The third-order valence-corrected chi connectivity index (χ3v) is 8.16. The van der Waals surface area contributed by atoms with Crippen LogP contribution >= 0.6 is 20.4 Å². The Labute approximate surface area is 239 Å². The molecular weight excluding hydrogens is 580 g/mol. The molecule has 2 atom stereocenters. The predicted octanol–water partition coefficient (Wildman–Crippen LogP) is 4.82. The van der Waals surface area contributed by atoms with Crippen molar-refractivity contribution in [2.45, 2.75) is 35.9 Å². The maximum absolute atomic E-state index is 15.1.